The molecule has 1 fully saturated rings. The van der Waals surface area contributed by atoms with Gasteiger partial charge in [-0.1, -0.05) is 0 Å². The van der Waals surface area contributed by atoms with Gasteiger partial charge in [-0.25, -0.2) is 0 Å². The monoisotopic (exact) mass is 456 g/mol. The second-order valence-corrected chi connectivity index (χ2v) is 8.23. The molecule has 0 amide bonds. The Morgan fingerprint density at radius 2 is 1.64 bits per heavy atom. The minimum Gasteiger partial charge on any atom is -0.493 e. The number of hydrogen-bond acceptors (Lipinski definition) is 8. The number of carbonyl (C=O) groups excluding carboxylic acids is 1. The van der Waals surface area contributed by atoms with Crippen LogP contribution in [-0.4, -0.2) is 46.8 Å². The first-order valence-corrected chi connectivity index (χ1v) is 11.2. The van der Waals surface area contributed by atoms with Crippen LogP contribution in [0.4, 0.5) is 0 Å². The molecule has 2 aromatic carbocycles. The zero-order valence-corrected chi connectivity index (χ0v) is 19.3. The van der Waals surface area contributed by atoms with E-state index in [0.717, 1.165) is 16.7 Å². The van der Waals surface area contributed by atoms with Crippen LogP contribution in [0.3, 0.4) is 0 Å². The fourth-order valence-corrected chi connectivity index (χ4v) is 5.24. The van der Waals surface area contributed by atoms with Crippen molar-refractivity contribution in [2.45, 2.75) is 26.2 Å². The van der Waals surface area contributed by atoms with Crippen molar-refractivity contribution < 1.29 is 38.0 Å². The molecule has 0 unspecified atom stereocenters. The number of fused-ring (bicyclic) bond motifs is 3. The molecule has 8 heteroatoms. The highest BCUT2D eigenvalue weighted by Gasteiger charge is 2.49. The van der Waals surface area contributed by atoms with Gasteiger partial charge in [-0.3, -0.25) is 4.79 Å². The summed E-state index contributed by atoms with van der Waals surface area (Å²) in [6.07, 6.45) is 0.666. The summed E-state index contributed by atoms with van der Waals surface area (Å²) in [5, 5.41) is 0. The summed E-state index contributed by atoms with van der Waals surface area (Å²) in [6, 6.07) is 5.81. The standard InChI is InChI=1S/C25H28O8/c1-5-29-22-16-7-14-11-31-25(26)21(14)20(15(16)10-19-24(22)33-12-32-19)13-8-17(27-3)23(30-6-2)18(9-13)28-4/h8-10,14,20-21H,5-7,11-12H2,1-4H3/t14-,20-,21+/m1/s1. The van der Waals surface area contributed by atoms with E-state index in [4.69, 9.17) is 33.2 Å². The first-order chi connectivity index (χ1) is 16.1. The summed E-state index contributed by atoms with van der Waals surface area (Å²) in [6.45, 7) is 5.32. The van der Waals surface area contributed by atoms with Crippen molar-refractivity contribution in [1.82, 2.24) is 0 Å². The van der Waals surface area contributed by atoms with Crippen LogP contribution in [0.15, 0.2) is 18.2 Å². The number of cyclic esters (lactones) is 1. The maximum atomic E-state index is 12.9. The average molecular weight is 456 g/mol. The molecular weight excluding hydrogens is 428 g/mol. The van der Waals surface area contributed by atoms with E-state index in [1.54, 1.807) is 14.2 Å². The molecule has 1 aliphatic carbocycles. The van der Waals surface area contributed by atoms with Crippen LogP contribution in [0.5, 0.6) is 34.5 Å². The van der Waals surface area contributed by atoms with Gasteiger partial charge in [0.2, 0.25) is 18.3 Å². The predicted molar refractivity (Wildman–Crippen MR) is 118 cm³/mol. The second kappa shape index (κ2) is 8.57. The lowest BCUT2D eigenvalue weighted by Gasteiger charge is -2.35. The number of methoxy groups -OCH3 is 2. The van der Waals surface area contributed by atoms with E-state index in [-0.39, 0.29) is 30.5 Å². The van der Waals surface area contributed by atoms with Gasteiger partial charge in [0, 0.05) is 17.4 Å². The summed E-state index contributed by atoms with van der Waals surface area (Å²) in [7, 11) is 3.18. The minimum atomic E-state index is -0.334. The molecule has 2 heterocycles. The molecule has 0 spiro atoms. The van der Waals surface area contributed by atoms with E-state index in [1.807, 2.05) is 32.0 Å². The van der Waals surface area contributed by atoms with E-state index in [1.165, 1.54) is 0 Å². The molecule has 0 N–H and O–H groups in total. The zero-order chi connectivity index (χ0) is 23.1. The summed E-state index contributed by atoms with van der Waals surface area (Å²) in [5.41, 5.74) is 2.87. The van der Waals surface area contributed by atoms with Crippen LogP contribution in [0.25, 0.3) is 0 Å². The fraction of sp³-hybridized carbons (Fsp3) is 0.480. The van der Waals surface area contributed by atoms with E-state index in [0.29, 0.717) is 60.7 Å². The third kappa shape index (κ3) is 3.39. The molecular formula is C25H28O8. The van der Waals surface area contributed by atoms with Gasteiger partial charge in [-0.2, -0.15) is 0 Å². The summed E-state index contributed by atoms with van der Waals surface area (Å²) < 4.78 is 40.1. The Morgan fingerprint density at radius 1 is 0.939 bits per heavy atom. The van der Waals surface area contributed by atoms with Crippen LogP contribution in [-0.2, 0) is 16.0 Å². The molecule has 2 aliphatic heterocycles. The van der Waals surface area contributed by atoms with Gasteiger partial charge in [-0.15, -0.1) is 0 Å². The zero-order valence-electron chi connectivity index (χ0n) is 19.3. The molecule has 0 bridgehead atoms. The van der Waals surface area contributed by atoms with Gasteiger partial charge in [-0.05, 0) is 49.6 Å². The normalized spacial score (nSPS) is 22.3. The quantitative estimate of drug-likeness (QED) is 0.584. The van der Waals surface area contributed by atoms with Crippen LogP contribution < -0.4 is 28.4 Å². The number of carbonyl (C=O) groups is 1. The van der Waals surface area contributed by atoms with Gasteiger partial charge < -0.3 is 33.2 Å². The highest BCUT2D eigenvalue weighted by molar-refractivity contribution is 5.79. The SMILES string of the molecule is CCOc1c(OC)cc([C@@H]2c3cc4c(c(OCC)c3C[C@@H]3COC(=O)[C@@H]32)OCO4)cc1OC. The Labute approximate surface area is 192 Å². The predicted octanol–water partition coefficient (Wildman–Crippen LogP) is 3.71. The Kier molecular flexibility index (Phi) is 5.60. The van der Waals surface area contributed by atoms with Crippen LogP contribution in [0, 0.1) is 11.8 Å². The molecule has 2 aromatic rings. The van der Waals surface area contributed by atoms with Crippen LogP contribution >= 0.6 is 0 Å². The summed E-state index contributed by atoms with van der Waals surface area (Å²) in [4.78, 5) is 12.9. The number of benzene rings is 2. The highest BCUT2D eigenvalue weighted by Crippen LogP contribution is 2.56. The Morgan fingerprint density at radius 3 is 2.30 bits per heavy atom. The molecule has 8 nitrogen and oxygen atoms in total. The molecule has 0 saturated carbocycles. The van der Waals surface area contributed by atoms with Crippen molar-refractivity contribution in [3.05, 3.63) is 34.9 Å². The van der Waals surface area contributed by atoms with Crippen LogP contribution in [0.1, 0.15) is 36.5 Å². The van der Waals surface area contributed by atoms with E-state index in [9.17, 15) is 4.79 Å². The third-order valence-corrected chi connectivity index (χ3v) is 6.56. The number of rotatable bonds is 7. The molecule has 3 aliphatic rings. The number of hydrogen-bond donors (Lipinski definition) is 0. The lowest BCUT2D eigenvalue weighted by Crippen LogP contribution is -2.32. The van der Waals surface area contributed by atoms with Crippen molar-refractivity contribution in [1.29, 1.82) is 0 Å². The summed E-state index contributed by atoms with van der Waals surface area (Å²) in [5.74, 6) is 2.77. The van der Waals surface area contributed by atoms with Crippen molar-refractivity contribution in [3.63, 3.8) is 0 Å². The van der Waals surface area contributed by atoms with Crippen molar-refractivity contribution in [3.8, 4) is 34.5 Å². The minimum absolute atomic E-state index is 0.0261. The van der Waals surface area contributed by atoms with E-state index < -0.39 is 0 Å². The lowest BCUT2D eigenvalue weighted by atomic mass is 9.67. The van der Waals surface area contributed by atoms with Crippen molar-refractivity contribution >= 4 is 5.97 Å². The molecule has 1 saturated heterocycles. The van der Waals surface area contributed by atoms with Gasteiger partial charge >= 0.3 is 5.97 Å². The molecule has 0 radical (unpaired) electrons. The van der Waals surface area contributed by atoms with Crippen LogP contribution in [0.2, 0.25) is 0 Å². The molecule has 5 rings (SSSR count). The Bertz CT molecular complexity index is 1050. The molecule has 3 atom stereocenters. The topological polar surface area (TPSA) is 81.7 Å². The number of esters is 1. The first kappa shape index (κ1) is 21.6. The van der Waals surface area contributed by atoms with E-state index in [2.05, 4.69) is 0 Å². The smallest absolute Gasteiger partial charge is 0.310 e. The highest BCUT2D eigenvalue weighted by atomic mass is 16.7. The number of ether oxygens (including phenoxy) is 7. The molecule has 176 valence electrons. The molecule has 0 aromatic heterocycles. The fourth-order valence-electron chi connectivity index (χ4n) is 5.24. The van der Waals surface area contributed by atoms with Crippen molar-refractivity contribution in [2.24, 2.45) is 11.8 Å². The van der Waals surface area contributed by atoms with E-state index >= 15 is 0 Å². The maximum Gasteiger partial charge on any atom is 0.310 e. The average Bonchev–Trinajstić information content (AvgIpc) is 3.44. The third-order valence-electron chi connectivity index (χ3n) is 6.56. The first-order valence-electron chi connectivity index (χ1n) is 11.2. The summed E-state index contributed by atoms with van der Waals surface area (Å²) >= 11 is 0. The van der Waals surface area contributed by atoms with Gasteiger partial charge in [0.05, 0.1) is 40.0 Å². The van der Waals surface area contributed by atoms with Gasteiger partial charge in [0.25, 0.3) is 0 Å². The maximum absolute atomic E-state index is 12.9. The Hall–Kier alpha value is -3.29. The van der Waals surface area contributed by atoms with Gasteiger partial charge in [0.15, 0.2) is 23.0 Å². The second-order valence-electron chi connectivity index (χ2n) is 8.23. The largest absolute Gasteiger partial charge is 0.493 e. The van der Waals surface area contributed by atoms with Gasteiger partial charge in [0.1, 0.15) is 0 Å². The van der Waals surface area contributed by atoms with Crippen molar-refractivity contribution in [2.75, 3.05) is 40.8 Å². The lowest BCUT2D eigenvalue weighted by molar-refractivity contribution is -0.141. The molecule has 33 heavy (non-hydrogen) atoms. The Balaban J connectivity index is 1.74.